The zero-order chi connectivity index (χ0) is 46.8. The molecule has 4 aromatic carbocycles. The Labute approximate surface area is 391 Å². The van der Waals surface area contributed by atoms with Gasteiger partial charge in [-0.1, -0.05) is 138 Å². The summed E-state index contributed by atoms with van der Waals surface area (Å²) in [6, 6.07) is 33.5. The number of hydrogen-bond donors (Lipinski definition) is 6. The third kappa shape index (κ3) is 18.1. The van der Waals surface area contributed by atoms with E-state index in [9.17, 15) is 24.0 Å². The Morgan fingerprint density at radius 3 is 1.56 bits per heavy atom. The van der Waals surface area contributed by atoms with E-state index in [0.29, 0.717) is 61.5 Å². The molecule has 14 heteroatoms. The zero-order valence-electron chi connectivity index (χ0n) is 38.9. The molecule has 354 valence electrons. The van der Waals surface area contributed by atoms with Crippen LogP contribution in [-0.4, -0.2) is 90.2 Å². The van der Waals surface area contributed by atoms with Crippen molar-refractivity contribution < 1.29 is 24.0 Å². The van der Waals surface area contributed by atoms with Gasteiger partial charge >= 0.3 is 30.2 Å². The van der Waals surface area contributed by atoms with E-state index in [1.54, 1.807) is 41.1 Å². The smallest absolute Gasteiger partial charge is 0.327 e. The molecule has 5 rings (SSSR count). The van der Waals surface area contributed by atoms with Gasteiger partial charge < -0.3 is 41.3 Å². The topological polar surface area (TPSA) is 167 Å². The molecule has 0 heterocycles. The van der Waals surface area contributed by atoms with E-state index in [2.05, 4.69) is 38.8 Å². The fourth-order valence-electron chi connectivity index (χ4n) is 8.47. The highest BCUT2D eigenvalue weighted by molar-refractivity contribution is 6.00. The van der Waals surface area contributed by atoms with Gasteiger partial charge in [0.1, 0.15) is 0 Å². The van der Waals surface area contributed by atoms with E-state index in [1.165, 1.54) is 32.1 Å². The predicted molar refractivity (Wildman–Crippen MR) is 266 cm³/mol. The molecule has 0 radical (unpaired) electrons. The number of anilines is 4. The number of imide groups is 1. The van der Waals surface area contributed by atoms with Crippen LogP contribution in [0.4, 0.5) is 46.7 Å². The molecule has 0 spiro atoms. The minimum Gasteiger partial charge on any atom is -0.336 e. The molecular weight excluding hydrogens is 831 g/mol. The number of nitrogens with one attached hydrogen (secondary N) is 6. The fraction of sp³-hybridized carbons (Fsp3) is 0.442. The quantitative estimate of drug-likeness (QED) is 0.0407. The molecule has 1 aliphatic rings. The molecule has 2 atom stereocenters. The first kappa shape index (κ1) is 50.4. The van der Waals surface area contributed by atoms with Gasteiger partial charge in [-0.3, -0.25) is 5.32 Å². The van der Waals surface area contributed by atoms with Gasteiger partial charge in [0.15, 0.2) is 0 Å². The number of amides is 10. The van der Waals surface area contributed by atoms with E-state index in [4.69, 9.17) is 0 Å². The number of nitrogens with zero attached hydrogens (tertiary/aromatic N) is 3. The Hall–Kier alpha value is -6.57. The molecule has 4 aromatic rings. The lowest BCUT2D eigenvalue weighted by molar-refractivity contribution is 0.129. The largest absolute Gasteiger partial charge is 0.336 e. The van der Waals surface area contributed by atoms with Crippen molar-refractivity contribution in [1.29, 1.82) is 0 Å². The van der Waals surface area contributed by atoms with Crippen molar-refractivity contribution in [3.05, 3.63) is 121 Å². The average Bonchev–Trinajstić information content (AvgIpc) is 3.33. The maximum Gasteiger partial charge on any atom is 0.327 e. The van der Waals surface area contributed by atoms with Crippen LogP contribution in [0.15, 0.2) is 121 Å². The molecule has 14 nitrogen and oxygen atoms in total. The Balaban J connectivity index is 1.39. The summed E-state index contributed by atoms with van der Waals surface area (Å²) >= 11 is 0. The summed E-state index contributed by atoms with van der Waals surface area (Å²) in [6.07, 6.45) is 13.4. The first-order valence-electron chi connectivity index (χ1n) is 23.9. The van der Waals surface area contributed by atoms with Gasteiger partial charge in [0.25, 0.3) is 0 Å². The van der Waals surface area contributed by atoms with E-state index in [1.807, 2.05) is 102 Å². The van der Waals surface area contributed by atoms with Crippen LogP contribution in [0, 0.1) is 5.92 Å². The monoisotopic (exact) mass is 902 g/mol. The van der Waals surface area contributed by atoms with Gasteiger partial charge in [0.2, 0.25) is 0 Å². The molecule has 6 N–H and O–H groups in total. The molecule has 0 bridgehead atoms. The lowest BCUT2D eigenvalue weighted by Crippen LogP contribution is -2.56. The van der Waals surface area contributed by atoms with Gasteiger partial charge in [0.05, 0.1) is 12.1 Å². The van der Waals surface area contributed by atoms with Crippen molar-refractivity contribution >= 4 is 52.9 Å². The molecule has 66 heavy (non-hydrogen) atoms. The lowest BCUT2D eigenvalue weighted by atomic mass is 9.86. The maximum atomic E-state index is 14.8. The van der Waals surface area contributed by atoms with E-state index >= 15 is 0 Å². The van der Waals surface area contributed by atoms with Crippen LogP contribution in [-0.2, 0) is 0 Å². The molecular formula is C52H71N9O5. The van der Waals surface area contributed by atoms with Crippen molar-refractivity contribution in [2.24, 2.45) is 5.92 Å². The number of benzene rings is 4. The number of hydrogen-bond acceptors (Lipinski definition) is 5. The number of rotatable bonds is 23. The van der Waals surface area contributed by atoms with Crippen LogP contribution in [0.2, 0.25) is 0 Å². The fourth-order valence-corrected chi connectivity index (χ4v) is 8.47. The third-order valence-corrected chi connectivity index (χ3v) is 12.1. The minimum absolute atomic E-state index is 0.00902. The standard InChI is InChI=1S/C52H71N9O5/c1-3-4-35-47(60(51(65)56-44-31-16-8-17-32-44)38-23-20-26-41-24-10-5-11-25-41)40-61(52(66)57-45-33-18-9-19-34-45)46(39-53-48(62)58-49(63)54-42-27-12-6-13-28-42)36-21-22-37-59(2)50(64)55-43-29-14-7-15-30-43/h6-9,12-19,27-34,41,46-47H,3-5,10-11,20-26,35-40H2,1-2H3,(H,55,64)(H,56,65)(H,57,66)(H3,53,54,58,62,63)/t46-,47?/m1/s1. The van der Waals surface area contributed by atoms with Crippen molar-refractivity contribution in [2.75, 3.05) is 54.5 Å². The average molecular weight is 902 g/mol. The van der Waals surface area contributed by atoms with Crippen molar-refractivity contribution in [2.45, 2.75) is 109 Å². The van der Waals surface area contributed by atoms with Gasteiger partial charge in [0, 0.05) is 56.0 Å². The molecule has 1 fully saturated rings. The number of carbonyl (C=O) groups excluding carboxylic acids is 5. The van der Waals surface area contributed by atoms with Crippen LogP contribution in [0.5, 0.6) is 0 Å². The Morgan fingerprint density at radius 2 is 1.02 bits per heavy atom. The molecule has 0 aromatic heterocycles. The highest BCUT2D eigenvalue weighted by Crippen LogP contribution is 2.28. The van der Waals surface area contributed by atoms with Gasteiger partial charge in [-0.2, -0.15) is 0 Å². The summed E-state index contributed by atoms with van der Waals surface area (Å²) in [7, 11) is 1.74. The number of para-hydroxylation sites is 4. The minimum atomic E-state index is -0.724. The van der Waals surface area contributed by atoms with Crippen molar-refractivity contribution in [3.8, 4) is 0 Å². The van der Waals surface area contributed by atoms with Crippen molar-refractivity contribution in [3.63, 3.8) is 0 Å². The molecule has 10 amide bonds. The summed E-state index contributed by atoms with van der Waals surface area (Å²) in [4.78, 5) is 73.7. The van der Waals surface area contributed by atoms with Crippen LogP contribution in [0.1, 0.15) is 96.8 Å². The summed E-state index contributed by atoms with van der Waals surface area (Å²) in [5.74, 6) is 0.728. The van der Waals surface area contributed by atoms with Crippen LogP contribution < -0.4 is 31.9 Å². The SMILES string of the molecule is CCCCC(CN(C(=O)Nc1ccccc1)[C@H](CCCCN(C)C(=O)Nc1ccccc1)CNC(=O)NC(=O)Nc1ccccc1)N(CCCCC1CCCCC1)C(=O)Nc1ccccc1. The number of unbranched alkanes of at least 4 members (excludes halogenated alkanes) is 3. The zero-order valence-corrected chi connectivity index (χ0v) is 38.9. The first-order valence-corrected chi connectivity index (χ1v) is 23.9. The number of carbonyl (C=O) groups is 5. The molecule has 1 aliphatic carbocycles. The summed E-state index contributed by atoms with van der Waals surface area (Å²) in [6.45, 7) is 3.28. The van der Waals surface area contributed by atoms with Gasteiger partial charge in [-0.05, 0) is 86.6 Å². The van der Waals surface area contributed by atoms with E-state index in [0.717, 1.165) is 38.0 Å². The van der Waals surface area contributed by atoms with Crippen molar-refractivity contribution in [1.82, 2.24) is 25.3 Å². The van der Waals surface area contributed by atoms with Crippen LogP contribution in [0.3, 0.4) is 0 Å². The summed E-state index contributed by atoms with van der Waals surface area (Å²) in [5, 5.41) is 17.0. The first-order chi connectivity index (χ1) is 32.2. The Kier molecular flexibility index (Phi) is 21.7. The highest BCUT2D eigenvalue weighted by atomic mass is 16.2. The van der Waals surface area contributed by atoms with Crippen LogP contribution >= 0.6 is 0 Å². The molecule has 1 saturated carbocycles. The molecule has 0 saturated heterocycles. The Morgan fingerprint density at radius 1 is 0.530 bits per heavy atom. The second-order valence-electron chi connectivity index (χ2n) is 17.3. The second kappa shape index (κ2) is 28.4. The van der Waals surface area contributed by atoms with Gasteiger partial charge in [-0.25, -0.2) is 24.0 Å². The summed E-state index contributed by atoms with van der Waals surface area (Å²) < 4.78 is 0. The Bertz CT molecular complexity index is 2040. The van der Waals surface area contributed by atoms with Gasteiger partial charge in [-0.15, -0.1) is 0 Å². The molecule has 1 unspecified atom stereocenters. The predicted octanol–water partition coefficient (Wildman–Crippen LogP) is 11.6. The van der Waals surface area contributed by atoms with E-state index in [-0.39, 0.29) is 37.2 Å². The lowest BCUT2D eigenvalue weighted by Gasteiger charge is -2.39. The second-order valence-corrected chi connectivity index (χ2v) is 17.3. The summed E-state index contributed by atoms with van der Waals surface area (Å²) in [5.41, 5.74) is 2.52. The van der Waals surface area contributed by atoms with E-state index < -0.39 is 18.1 Å². The normalized spacial score (nSPS) is 13.3. The van der Waals surface area contributed by atoms with Crippen LogP contribution in [0.25, 0.3) is 0 Å². The highest BCUT2D eigenvalue weighted by Gasteiger charge is 2.32. The third-order valence-electron chi connectivity index (χ3n) is 12.1. The maximum absolute atomic E-state index is 14.8. The molecule has 0 aliphatic heterocycles. The number of urea groups is 5.